The van der Waals surface area contributed by atoms with Crippen LogP contribution in [0.1, 0.15) is 46.5 Å². The van der Waals surface area contributed by atoms with E-state index >= 15 is 0 Å². The van der Waals surface area contributed by atoms with E-state index in [1.54, 1.807) is 22.8 Å². The summed E-state index contributed by atoms with van der Waals surface area (Å²) in [5.74, 6) is 0.328. The van der Waals surface area contributed by atoms with E-state index in [0.29, 0.717) is 69.6 Å². The highest BCUT2D eigenvalue weighted by Crippen LogP contribution is 2.30. The third-order valence-electron chi connectivity index (χ3n) is 5.90. The number of likely N-dealkylation sites (tertiary alicyclic amines) is 1. The van der Waals surface area contributed by atoms with Crippen molar-refractivity contribution in [3.8, 4) is 0 Å². The van der Waals surface area contributed by atoms with E-state index in [4.69, 9.17) is 20.8 Å². The number of aromatic nitrogens is 1. The Hall–Kier alpha value is -2.45. The van der Waals surface area contributed by atoms with Crippen LogP contribution in [0.15, 0.2) is 22.6 Å². The first-order valence-corrected chi connectivity index (χ1v) is 10.9. The molecule has 0 saturated carbocycles. The second-order valence-electron chi connectivity index (χ2n) is 7.89. The van der Waals surface area contributed by atoms with Crippen molar-refractivity contribution in [2.75, 3.05) is 39.4 Å². The van der Waals surface area contributed by atoms with Crippen LogP contribution in [0.2, 0.25) is 5.02 Å². The number of hydrogen-bond acceptors (Lipinski definition) is 5. The van der Waals surface area contributed by atoms with Crippen LogP contribution in [0, 0.1) is 12.7 Å². The van der Waals surface area contributed by atoms with Gasteiger partial charge in [0.15, 0.2) is 11.6 Å². The highest BCUT2D eigenvalue weighted by atomic mass is 35.5. The van der Waals surface area contributed by atoms with Gasteiger partial charge in [0, 0.05) is 42.7 Å². The molecule has 2 fully saturated rings. The number of piperidine rings is 1. The molecule has 2 saturated heterocycles. The van der Waals surface area contributed by atoms with E-state index < -0.39 is 5.82 Å². The summed E-state index contributed by atoms with van der Waals surface area (Å²) in [7, 11) is 0. The van der Waals surface area contributed by atoms with Crippen LogP contribution < -0.4 is 0 Å². The lowest BCUT2D eigenvalue weighted by Crippen LogP contribution is -2.41. The van der Waals surface area contributed by atoms with Crippen LogP contribution in [0.3, 0.4) is 0 Å². The Morgan fingerprint density at radius 3 is 2.55 bits per heavy atom. The van der Waals surface area contributed by atoms with Crippen molar-refractivity contribution in [2.24, 2.45) is 0 Å². The zero-order chi connectivity index (χ0) is 22.0. The number of rotatable bonds is 4. The van der Waals surface area contributed by atoms with Gasteiger partial charge in [-0.3, -0.25) is 9.59 Å². The fourth-order valence-corrected chi connectivity index (χ4v) is 4.28. The number of oxazole rings is 1. The summed E-state index contributed by atoms with van der Waals surface area (Å²) in [5.41, 5.74) is 0.579. The minimum atomic E-state index is -0.469. The van der Waals surface area contributed by atoms with E-state index in [-0.39, 0.29) is 34.7 Å². The first-order valence-electron chi connectivity index (χ1n) is 10.5. The predicted octanol–water partition coefficient (Wildman–Crippen LogP) is 3.20. The molecule has 0 radical (unpaired) electrons. The summed E-state index contributed by atoms with van der Waals surface area (Å²) in [6.45, 7) is 4.94. The molecule has 0 aliphatic carbocycles. The van der Waals surface area contributed by atoms with E-state index in [0.717, 1.165) is 0 Å². The van der Waals surface area contributed by atoms with Crippen molar-refractivity contribution in [1.82, 2.24) is 14.8 Å². The molecule has 2 amide bonds. The molecular formula is C22H25ClFN3O4. The molecular weight excluding hydrogens is 425 g/mol. The molecule has 0 atom stereocenters. The summed E-state index contributed by atoms with van der Waals surface area (Å²) in [4.78, 5) is 33.3. The first kappa shape index (κ1) is 21.8. The summed E-state index contributed by atoms with van der Waals surface area (Å²) in [5, 5.41) is 0.260. The minimum absolute atomic E-state index is 0.0334. The predicted molar refractivity (Wildman–Crippen MR) is 112 cm³/mol. The normalized spacial score (nSPS) is 17.8. The third kappa shape index (κ3) is 4.75. The molecule has 1 aromatic carbocycles. The number of nitrogens with zero attached hydrogens (tertiary/aromatic N) is 3. The summed E-state index contributed by atoms with van der Waals surface area (Å²) in [6.07, 6.45) is 1.27. The van der Waals surface area contributed by atoms with E-state index in [1.807, 2.05) is 0 Å². The van der Waals surface area contributed by atoms with Gasteiger partial charge in [-0.2, -0.15) is 0 Å². The van der Waals surface area contributed by atoms with Gasteiger partial charge in [0.2, 0.25) is 5.91 Å². The molecule has 2 aliphatic heterocycles. The van der Waals surface area contributed by atoms with Crippen molar-refractivity contribution in [3.63, 3.8) is 0 Å². The van der Waals surface area contributed by atoms with E-state index in [2.05, 4.69) is 4.98 Å². The van der Waals surface area contributed by atoms with Crippen molar-refractivity contribution < 1.29 is 23.1 Å². The Balaban J connectivity index is 1.36. The topological polar surface area (TPSA) is 75.9 Å². The van der Waals surface area contributed by atoms with Crippen LogP contribution in [-0.2, 0) is 16.0 Å². The van der Waals surface area contributed by atoms with Crippen molar-refractivity contribution in [2.45, 2.75) is 32.1 Å². The maximum absolute atomic E-state index is 14.0. The van der Waals surface area contributed by atoms with Crippen LogP contribution in [0.25, 0.3) is 0 Å². The molecule has 31 heavy (non-hydrogen) atoms. The van der Waals surface area contributed by atoms with Gasteiger partial charge in [0.05, 0.1) is 19.6 Å². The smallest absolute Gasteiger partial charge is 0.276 e. The summed E-state index contributed by atoms with van der Waals surface area (Å²) < 4.78 is 25.1. The average Bonchev–Trinajstić information content (AvgIpc) is 3.18. The van der Waals surface area contributed by atoms with Crippen LogP contribution in [0.4, 0.5) is 4.39 Å². The second kappa shape index (κ2) is 9.36. The SMILES string of the molecule is Cc1oc(C2CCN(C(=O)Cc3c(F)cccc3Cl)CC2)nc1C(=O)N1CCOCC1. The number of carbonyl (C=O) groups is 2. The highest BCUT2D eigenvalue weighted by molar-refractivity contribution is 6.31. The zero-order valence-electron chi connectivity index (χ0n) is 17.4. The van der Waals surface area contributed by atoms with E-state index in [1.165, 1.54) is 12.1 Å². The molecule has 1 aromatic heterocycles. The molecule has 0 spiro atoms. The average molecular weight is 450 g/mol. The Labute approximate surface area is 185 Å². The van der Waals surface area contributed by atoms with Gasteiger partial charge in [-0.1, -0.05) is 17.7 Å². The van der Waals surface area contributed by atoms with Gasteiger partial charge in [-0.15, -0.1) is 0 Å². The number of halogens is 2. The highest BCUT2D eigenvalue weighted by Gasteiger charge is 2.30. The number of carbonyl (C=O) groups excluding carboxylic acids is 2. The number of morpholine rings is 1. The number of benzene rings is 1. The maximum atomic E-state index is 14.0. The monoisotopic (exact) mass is 449 g/mol. The van der Waals surface area contributed by atoms with Gasteiger partial charge in [-0.05, 0) is 31.9 Å². The van der Waals surface area contributed by atoms with Crippen LogP contribution in [0.5, 0.6) is 0 Å². The molecule has 166 valence electrons. The third-order valence-corrected chi connectivity index (χ3v) is 6.25. The Kier molecular flexibility index (Phi) is 6.57. The van der Waals surface area contributed by atoms with Crippen molar-refractivity contribution in [1.29, 1.82) is 0 Å². The largest absolute Gasteiger partial charge is 0.445 e. The number of amides is 2. The lowest BCUT2D eigenvalue weighted by atomic mass is 9.96. The molecule has 0 N–H and O–H groups in total. The lowest BCUT2D eigenvalue weighted by Gasteiger charge is -2.31. The van der Waals surface area contributed by atoms with Crippen molar-refractivity contribution >= 4 is 23.4 Å². The molecule has 3 heterocycles. The Bertz CT molecular complexity index is 945. The summed E-state index contributed by atoms with van der Waals surface area (Å²) >= 11 is 6.05. The number of ether oxygens (including phenoxy) is 1. The van der Waals surface area contributed by atoms with E-state index in [9.17, 15) is 14.0 Å². The fraction of sp³-hybridized carbons (Fsp3) is 0.500. The van der Waals surface area contributed by atoms with Gasteiger partial charge in [0.1, 0.15) is 11.6 Å². The lowest BCUT2D eigenvalue weighted by molar-refractivity contribution is -0.131. The molecule has 0 bridgehead atoms. The second-order valence-corrected chi connectivity index (χ2v) is 8.30. The summed E-state index contributed by atoms with van der Waals surface area (Å²) in [6, 6.07) is 4.41. The minimum Gasteiger partial charge on any atom is -0.445 e. The Morgan fingerprint density at radius 2 is 1.87 bits per heavy atom. The van der Waals surface area contributed by atoms with Gasteiger partial charge < -0.3 is 19.0 Å². The first-order chi connectivity index (χ1) is 14.9. The maximum Gasteiger partial charge on any atom is 0.276 e. The fourth-order valence-electron chi connectivity index (χ4n) is 4.05. The van der Waals surface area contributed by atoms with Gasteiger partial charge >= 0.3 is 0 Å². The molecule has 4 rings (SSSR count). The van der Waals surface area contributed by atoms with Crippen LogP contribution in [-0.4, -0.2) is 66.0 Å². The molecule has 2 aliphatic rings. The molecule has 2 aromatic rings. The quantitative estimate of drug-likeness (QED) is 0.716. The molecule has 9 heteroatoms. The number of aryl methyl sites for hydroxylation is 1. The van der Waals surface area contributed by atoms with Crippen molar-refractivity contribution in [3.05, 3.63) is 51.9 Å². The zero-order valence-corrected chi connectivity index (χ0v) is 18.2. The standard InChI is InChI=1S/C22H25ClFN3O4/c1-14-20(22(29)27-9-11-30-12-10-27)25-21(31-14)15-5-7-26(8-6-15)19(28)13-16-17(23)3-2-4-18(16)24/h2-4,15H,5-13H2,1H3. The number of hydrogen-bond donors (Lipinski definition) is 0. The molecule has 7 nitrogen and oxygen atoms in total. The van der Waals surface area contributed by atoms with Gasteiger partial charge in [0.25, 0.3) is 5.91 Å². The van der Waals surface area contributed by atoms with Crippen LogP contribution >= 0.6 is 11.6 Å². The van der Waals surface area contributed by atoms with Gasteiger partial charge in [-0.25, -0.2) is 9.37 Å². The molecule has 0 unspecified atom stereocenters. The Morgan fingerprint density at radius 1 is 1.16 bits per heavy atom.